The molecule has 0 saturated heterocycles. The van der Waals surface area contributed by atoms with E-state index < -0.39 is 13.5 Å². The first-order valence-corrected chi connectivity index (χ1v) is 8.89. The van der Waals surface area contributed by atoms with Gasteiger partial charge < -0.3 is 0 Å². The lowest BCUT2D eigenvalue weighted by atomic mass is 15.9. The Kier molecular flexibility index (Phi) is 7.52. The summed E-state index contributed by atoms with van der Waals surface area (Å²) < 4.78 is 27.8. The van der Waals surface area contributed by atoms with Gasteiger partial charge in [-0.3, -0.25) is 4.57 Å². The minimum Gasteiger partial charge on any atom is -0.271 e. The zero-order chi connectivity index (χ0) is 9.00. The first-order chi connectivity index (χ1) is 4.00. The maximum absolute atomic E-state index is 9.51. The number of halogens is 5. The highest BCUT2D eigenvalue weighted by molar-refractivity contribution is 8.31. The van der Waals surface area contributed by atoms with Gasteiger partial charge in [-0.2, -0.15) is 8.42 Å². The van der Waals surface area contributed by atoms with Gasteiger partial charge in [0.25, 0.3) is 0 Å². The molecule has 0 aliphatic rings. The summed E-state index contributed by atoms with van der Waals surface area (Å²) in [7, 11) is 4.81. The second-order valence-electron chi connectivity index (χ2n) is 0.777. The van der Waals surface area contributed by atoms with Gasteiger partial charge in [0.15, 0.2) is 0 Å². The Morgan fingerprint density at radius 3 is 1.00 bits per heavy atom. The van der Waals surface area contributed by atoms with Crippen molar-refractivity contribution in [2.75, 3.05) is 0 Å². The molecule has 64 valence electrons. The molecule has 0 aromatic rings. The van der Waals surface area contributed by atoms with E-state index >= 15 is 0 Å². The molecule has 0 fully saturated rings. The van der Waals surface area contributed by atoms with E-state index in [-0.39, 0.29) is 0 Å². The SMILES string of the molecule is O=P(Cl)(Cl)Cl.O=S(=O)(Cl)Cl. The molecular weight excluding hydrogens is 288 g/mol. The molecule has 0 aromatic carbocycles. The second kappa shape index (κ2) is 5.31. The van der Waals surface area contributed by atoms with Crippen LogP contribution in [0.25, 0.3) is 0 Å². The minimum atomic E-state index is -3.72. The van der Waals surface area contributed by atoms with Crippen LogP contribution < -0.4 is 0 Å². The lowest BCUT2D eigenvalue weighted by molar-refractivity contribution is 0.600. The van der Waals surface area contributed by atoms with Crippen molar-refractivity contribution in [1.29, 1.82) is 0 Å². The van der Waals surface area contributed by atoms with Gasteiger partial charge in [-0.05, 0) is 33.7 Å². The van der Waals surface area contributed by atoms with Crippen LogP contribution in [0.15, 0.2) is 0 Å². The molecule has 0 spiro atoms. The molecule has 0 saturated carbocycles. The third-order valence-electron chi connectivity index (χ3n) is 0. The third-order valence-corrected chi connectivity index (χ3v) is 0. The van der Waals surface area contributed by atoms with Crippen molar-refractivity contribution in [3.8, 4) is 0 Å². The van der Waals surface area contributed by atoms with Crippen molar-refractivity contribution in [3.05, 3.63) is 0 Å². The smallest absolute Gasteiger partial charge is 0.271 e. The van der Waals surface area contributed by atoms with Crippen molar-refractivity contribution in [3.63, 3.8) is 0 Å². The summed E-state index contributed by atoms with van der Waals surface area (Å²) in [5.41, 5.74) is 0. The Labute approximate surface area is 81.2 Å². The summed E-state index contributed by atoms with van der Waals surface area (Å²) in [6.07, 6.45) is 0. The fourth-order valence-electron chi connectivity index (χ4n) is 0. The van der Waals surface area contributed by atoms with E-state index in [1.165, 1.54) is 0 Å². The fraction of sp³-hybridized carbons (Fsp3) is 0. The molecule has 3 nitrogen and oxygen atoms in total. The maximum Gasteiger partial charge on any atom is 0.339 e. The Bertz CT molecular complexity index is 195. The average molecular weight is 288 g/mol. The Morgan fingerprint density at radius 2 is 1.00 bits per heavy atom. The molecule has 0 bridgehead atoms. The zero-order valence-electron chi connectivity index (χ0n) is 3.97. The van der Waals surface area contributed by atoms with E-state index in [4.69, 9.17) is 8.42 Å². The van der Waals surface area contributed by atoms with Crippen LogP contribution in [0.4, 0.5) is 0 Å². The molecule has 0 N–H and O–H groups in total. The van der Waals surface area contributed by atoms with Gasteiger partial charge in [0.2, 0.25) is 0 Å². The Morgan fingerprint density at radius 1 is 1.00 bits per heavy atom. The highest BCUT2D eigenvalue weighted by atomic mass is 36.0. The van der Waals surface area contributed by atoms with Crippen LogP contribution in [-0.4, -0.2) is 8.42 Å². The van der Waals surface area contributed by atoms with Gasteiger partial charge in [0.05, 0.1) is 0 Å². The summed E-state index contributed by atoms with van der Waals surface area (Å²) in [6.45, 7) is 0. The quantitative estimate of drug-likeness (QED) is 0.506. The van der Waals surface area contributed by atoms with Crippen LogP contribution in [0.1, 0.15) is 0 Å². The average Bonchev–Trinajstić information content (AvgIpc) is 1.12. The number of rotatable bonds is 0. The van der Waals surface area contributed by atoms with Crippen molar-refractivity contribution in [1.82, 2.24) is 0 Å². The molecule has 0 unspecified atom stereocenters. The summed E-state index contributed by atoms with van der Waals surface area (Å²) >= 11 is 13.8. The fourth-order valence-corrected chi connectivity index (χ4v) is 0. The minimum absolute atomic E-state index is 3.22. The van der Waals surface area contributed by atoms with Gasteiger partial charge in [0, 0.05) is 21.4 Å². The largest absolute Gasteiger partial charge is 0.339 e. The van der Waals surface area contributed by atoms with Crippen molar-refractivity contribution < 1.29 is 13.0 Å². The third kappa shape index (κ3) is 270. The van der Waals surface area contributed by atoms with Crippen LogP contribution in [0, 0.1) is 0 Å². The maximum atomic E-state index is 9.51. The van der Waals surface area contributed by atoms with Crippen molar-refractivity contribution >= 4 is 68.6 Å². The lowest BCUT2D eigenvalue weighted by Crippen LogP contribution is -1.63. The Balaban J connectivity index is 0. The molecule has 0 atom stereocenters. The predicted octanol–water partition coefficient (Wildman–Crippen LogP) is 3.52. The van der Waals surface area contributed by atoms with E-state index in [9.17, 15) is 4.57 Å². The van der Waals surface area contributed by atoms with E-state index in [0.29, 0.717) is 0 Å². The zero-order valence-corrected chi connectivity index (χ0v) is 9.46. The van der Waals surface area contributed by atoms with Gasteiger partial charge in [-0.1, -0.05) is 0 Å². The summed E-state index contributed by atoms with van der Waals surface area (Å²) in [6, 6.07) is 0. The van der Waals surface area contributed by atoms with E-state index in [1.807, 2.05) is 0 Å². The second-order valence-corrected chi connectivity index (χ2v) is 11.1. The lowest BCUT2D eigenvalue weighted by Gasteiger charge is -1.74. The topological polar surface area (TPSA) is 51.2 Å². The van der Waals surface area contributed by atoms with Crippen LogP contribution in [0.5, 0.6) is 0 Å². The van der Waals surface area contributed by atoms with E-state index in [0.717, 1.165) is 0 Å². The summed E-state index contributed by atoms with van der Waals surface area (Å²) in [5, 5.41) is -3.22. The van der Waals surface area contributed by atoms with E-state index in [2.05, 4.69) is 55.1 Å². The van der Waals surface area contributed by atoms with Gasteiger partial charge in [-0.15, -0.1) is 0 Å². The monoisotopic (exact) mass is 286 g/mol. The molecule has 10 heteroatoms. The normalized spacial score (nSPS) is 11.7. The highest BCUT2D eigenvalue weighted by Gasteiger charge is 2.02. The Hall–Kier alpha value is 1.63. The number of hydrogen-bond acceptors (Lipinski definition) is 3. The highest BCUT2D eigenvalue weighted by Crippen LogP contribution is 2.61. The predicted molar refractivity (Wildman–Crippen MR) is 45.8 cm³/mol. The van der Waals surface area contributed by atoms with Crippen molar-refractivity contribution in [2.45, 2.75) is 0 Å². The van der Waals surface area contributed by atoms with Gasteiger partial charge >= 0.3 is 13.5 Å². The summed E-state index contributed by atoms with van der Waals surface area (Å²) in [4.78, 5) is 0. The molecule has 0 rings (SSSR count). The standard InChI is InChI=1S/Cl3OP.Cl2O2S/c2*1-5(2,3)4. The van der Waals surface area contributed by atoms with Crippen LogP contribution in [0.2, 0.25) is 0 Å². The number of hydrogen-bond donors (Lipinski definition) is 0. The van der Waals surface area contributed by atoms with Gasteiger partial charge in [-0.25, -0.2) is 0 Å². The van der Waals surface area contributed by atoms with Crippen LogP contribution >= 0.6 is 60.3 Å². The molecule has 0 radical (unpaired) electrons. The molecule has 10 heavy (non-hydrogen) atoms. The van der Waals surface area contributed by atoms with Crippen LogP contribution in [0.3, 0.4) is 0 Å². The van der Waals surface area contributed by atoms with E-state index in [1.54, 1.807) is 0 Å². The summed E-state index contributed by atoms with van der Waals surface area (Å²) in [5.74, 6) is 0. The van der Waals surface area contributed by atoms with Crippen LogP contribution in [-0.2, 0) is 12.8 Å². The van der Waals surface area contributed by atoms with Crippen molar-refractivity contribution in [2.24, 2.45) is 0 Å². The molecular formula is Cl5O3PS. The molecule has 0 amide bonds. The molecule has 0 heterocycles. The first-order valence-electron chi connectivity index (χ1n) is 1.33. The molecule has 0 aliphatic heterocycles. The first kappa shape index (κ1) is 14.2. The van der Waals surface area contributed by atoms with Gasteiger partial charge in [0.1, 0.15) is 0 Å². The molecule has 0 aliphatic carbocycles. The molecule has 0 aromatic heterocycles.